The zero-order valence-electron chi connectivity index (χ0n) is 13.4. The molecule has 1 N–H and O–H groups in total. The number of rotatable bonds is 2. The highest BCUT2D eigenvalue weighted by Crippen LogP contribution is 2.35. The van der Waals surface area contributed by atoms with Crippen LogP contribution in [0.1, 0.15) is 44.9 Å². The van der Waals surface area contributed by atoms with Crippen molar-refractivity contribution in [1.29, 1.82) is 0 Å². The lowest BCUT2D eigenvalue weighted by atomic mass is 9.82. The van der Waals surface area contributed by atoms with Gasteiger partial charge in [-0.3, -0.25) is 0 Å². The molecule has 1 aromatic rings. The fourth-order valence-corrected chi connectivity index (χ4v) is 3.98. The molecule has 22 heavy (non-hydrogen) atoms. The normalized spacial score (nSPS) is 25.0. The summed E-state index contributed by atoms with van der Waals surface area (Å²) in [5, 5.41) is 3.05. The van der Waals surface area contributed by atoms with E-state index in [0.29, 0.717) is 17.7 Å². The Morgan fingerprint density at radius 3 is 2.68 bits per heavy atom. The fourth-order valence-electron chi connectivity index (χ4n) is 3.98. The van der Waals surface area contributed by atoms with Gasteiger partial charge < -0.3 is 15.0 Å². The number of amides is 2. The minimum atomic E-state index is 0.0308. The van der Waals surface area contributed by atoms with Crippen molar-refractivity contribution in [3.63, 3.8) is 0 Å². The number of nitrogens with one attached hydrogen (secondary N) is 1. The van der Waals surface area contributed by atoms with Crippen molar-refractivity contribution in [2.45, 2.75) is 51.0 Å². The van der Waals surface area contributed by atoms with Crippen LogP contribution in [-0.2, 0) is 0 Å². The van der Waals surface area contributed by atoms with Gasteiger partial charge in [-0.15, -0.1) is 0 Å². The van der Waals surface area contributed by atoms with Crippen molar-refractivity contribution >= 4 is 11.7 Å². The van der Waals surface area contributed by atoms with E-state index in [0.717, 1.165) is 25.1 Å². The van der Waals surface area contributed by atoms with E-state index in [1.165, 1.54) is 32.1 Å². The van der Waals surface area contributed by atoms with Gasteiger partial charge >= 0.3 is 6.03 Å². The van der Waals surface area contributed by atoms with Gasteiger partial charge in [0, 0.05) is 12.6 Å². The molecular formula is C18H26N2O2. The zero-order chi connectivity index (χ0) is 15.4. The highest BCUT2D eigenvalue weighted by Gasteiger charge is 2.34. The summed E-state index contributed by atoms with van der Waals surface area (Å²) in [6, 6.07) is 8.06. The number of nitrogens with zero attached hydrogens (tertiary/aromatic N) is 1. The van der Waals surface area contributed by atoms with Crippen LogP contribution in [0.2, 0.25) is 0 Å². The van der Waals surface area contributed by atoms with Crippen LogP contribution < -0.4 is 10.1 Å². The van der Waals surface area contributed by atoms with E-state index < -0.39 is 0 Å². The molecule has 4 nitrogen and oxygen atoms in total. The van der Waals surface area contributed by atoms with Gasteiger partial charge in [-0.25, -0.2) is 4.79 Å². The third-order valence-corrected chi connectivity index (χ3v) is 5.10. The van der Waals surface area contributed by atoms with E-state index in [4.69, 9.17) is 4.74 Å². The van der Waals surface area contributed by atoms with Gasteiger partial charge in [-0.1, -0.05) is 31.4 Å². The first-order chi connectivity index (χ1) is 10.8. The minimum absolute atomic E-state index is 0.0308. The van der Waals surface area contributed by atoms with Crippen LogP contribution in [0.15, 0.2) is 24.3 Å². The topological polar surface area (TPSA) is 41.6 Å². The number of anilines is 1. The van der Waals surface area contributed by atoms with Gasteiger partial charge in [0.05, 0.1) is 12.8 Å². The van der Waals surface area contributed by atoms with Crippen molar-refractivity contribution in [2.24, 2.45) is 5.92 Å². The Morgan fingerprint density at radius 1 is 1.14 bits per heavy atom. The summed E-state index contributed by atoms with van der Waals surface area (Å²) in [7, 11) is 1.63. The second-order valence-electron chi connectivity index (χ2n) is 6.43. The number of fused-ring (bicyclic) bond motifs is 1. The molecule has 4 heteroatoms. The number of ether oxygens (including phenoxy) is 1. The number of benzene rings is 1. The maximum Gasteiger partial charge on any atom is 0.322 e. The predicted octanol–water partition coefficient (Wildman–Crippen LogP) is 4.27. The average Bonchev–Trinajstić information content (AvgIpc) is 2.78. The number of urea groups is 1. The molecule has 1 aliphatic carbocycles. The Bertz CT molecular complexity index is 518. The minimum Gasteiger partial charge on any atom is -0.495 e. The maximum absolute atomic E-state index is 12.8. The van der Waals surface area contributed by atoms with E-state index in [2.05, 4.69) is 10.2 Å². The number of hydrogen-bond acceptors (Lipinski definition) is 2. The molecule has 0 aromatic heterocycles. The van der Waals surface area contributed by atoms with E-state index in [9.17, 15) is 4.79 Å². The highest BCUT2D eigenvalue weighted by molar-refractivity contribution is 5.91. The summed E-state index contributed by atoms with van der Waals surface area (Å²) in [6.07, 6.45) is 8.66. The SMILES string of the molecule is COc1ccccc1NC(=O)N1CCCC[C@@H]2CCCC[C@@H]21. The second-order valence-corrected chi connectivity index (χ2v) is 6.43. The Hall–Kier alpha value is -1.71. The van der Waals surface area contributed by atoms with Gasteiger partial charge in [0.25, 0.3) is 0 Å². The first-order valence-electron chi connectivity index (χ1n) is 8.50. The molecule has 3 rings (SSSR count). The quantitative estimate of drug-likeness (QED) is 0.886. The molecule has 2 atom stereocenters. The first-order valence-corrected chi connectivity index (χ1v) is 8.50. The number of carbonyl (C=O) groups excluding carboxylic acids is 1. The van der Waals surface area contributed by atoms with Crippen LogP contribution in [-0.4, -0.2) is 30.6 Å². The van der Waals surface area contributed by atoms with Crippen molar-refractivity contribution in [1.82, 2.24) is 4.90 Å². The van der Waals surface area contributed by atoms with Gasteiger partial charge in [0.1, 0.15) is 5.75 Å². The molecule has 0 radical (unpaired) electrons. The lowest BCUT2D eigenvalue weighted by Gasteiger charge is -2.38. The average molecular weight is 302 g/mol. The number of methoxy groups -OCH3 is 1. The predicted molar refractivity (Wildman–Crippen MR) is 88.3 cm³/mol. The van der Waals surface area contributed by atoms with Crippen LogP contribution >= 0.6 is 0 Å². The Kier molecular flexibility index (Phi) is 4.86. The number of hydrogen-bond donors (Lipinski definition) is 1. The molecule has 1 saturated carbocycles. The van der Waals surface area contributed by atoms with E-state index in [1.807, 2.05) is 24.3 Å². The Labute approximate surface area is 132 Å². The van der Waals surface area contributed by atoms with Crippen LogP contribution in [0, 0.1) is 5.92 Å². The maximum atomic E-state index is 12.8. The highest BCUT2D eigenvalue weighted by atomic mass is 16.5. The van der Waals surface area contributed by atoms with Crippen LogP contribution in [0.4, 0.5) is 10.5 Å². The summed E-state index contributed by atoms with van der Waals surface area (Å²) in [5.41, 5.74) is 0.756. The molecule has 120 valence electrons. The summed E-state index contributed by atoms with van der Waals surface area (Å²) < 4.78 is 5.33. The van der Waals surface area contributed by atoms with Gasteiger partial charge in [-0.2, -0.15) is 0 Å². The van der Waals surface area contributed by atoms with E-state index >= 15 is 0 Å². The molecule has 1 saturated heterocycles. The van der Waals surface area contributed by atoms with Gasteiger partial charge in [-0.05, 0) is 43.7 Å². The monoisotopic (exact) mass is 302 g/mol. The Balaban J connectivity index is 1.74. The van der Waals surface area contributed by atoms with E-state index in [1.54, 1.807) is 7.11 Å². The first kappa shape index (κ1) is 15.2. The van der Waals surface area contributed by atoms with Crippen molar-refractivity contribution in [2.75, 3.05) is 19.0 Å². The molecule has 0 unspecified atom stereocenters. The standard InChI is InChI=1S/C18H26N2O2/c1-22-17-12-5-3-10-15(17)19-18(21)20-13-7-6-9-14-8-2-4-11-16(14)20/h3,5,10,12,14,16H,2,4,6-9,11,13H2,1H3,(H,19,21)/t14-,16-/m0/s1. The molecule has 0 bridgehead atoms. The van der Waals surface area contributed by atoms with Crippen LogP contribution in [0.5, 0.6) is 5.75 Å². The third kappa shape index (κ3) is 3.21. The molecule has 1 aromatic carbocycles. The third-order valence-electron chi connectivity index (χ3n) is 5.10. The summed E-state index contributed by atoms with van der Waals surface area (Å²) in [6.45, 7) is 0.877. The van der Waals surface area contributed by atoms with Crippen molar-refractivity contribution in [3.8, 4) is 5.75 Å². The molecule has 1 heterocycles. The van der Waals surface area contributed by atoms with Crippen LogP contribution in [0.3, 0.4) is 0 Å². The van der Waals surface area contributed by atoms with Gasteiger partial charge in [0.2, 0.25) is 0 Å². The fraction of sp³-hybridized carbons (Fsp3) is 0.611. The van der Waals surface area contributed by atoms with Crippen molar-refractivity contribution in [3.05, 3.63) is 24.3 Å². The number of carbonyl (C=O) groups is 1. The lowest BCUT2D eigenvalue weighted by molar-refractivity contribution is 0.138. The van der Waals surface area contributed by atoms with E-state index in [-0.39, 0.29) is 6.03 Å². The van der Waals surface area contributed by atoms with Crippen molar-refractivity contribution < 1.29 is 9.53 Å². The Morgan fingerprint density at radius 2 is 1.86 bits per heavy atom. The molecule has 1 aliphatic heterocycles. The molecule has 0 spiro atoms. The molecular weight excluding hydrogens is 276 g/mol. The summed E-state index contributed by atoms with van der Waals surface area (Å²) in [4.78, 5) is 14.9. The zero-order valence-corrected chi connectivity index (χ0v) is 13.4. The smallest absolute Gasteiger partial charge is 0.322 e. The van der Waals surface area contributed by atoms with Crippen LogP contribution in [0.25, 0.3) is 0 Å². The number of likely N-dealkylation sites (tertiary alicyclic amines) is 1. The molecule has 2 amide bonds. The van der Waals surface area contributed by atoms with Gasteiger partial charge in [0.15, 0.2) is 0 Å². The molecule has 2 aliphatic rings. The summed E-state index contributed by atoms with van der Waals surface area (Å²) >= 11 is 0. The number of para-hydroxylation sites is 2. The molecule has 2 fully saturated rings. The largest absolute Gasteiger partial charge is 0.495 e. The lowest BCUT2D eigenvalue weighted by Crippen LogP contribution is -2.47. The summed E-state index contributed by atoms with van der Waals surface area (Å²) in [5.74, 6) is 1.41. The second kappa shape index (κ2) is 7.03.